The van der Waals surface area contributed by atoms with E-state index in [1.807, 2.05) is 24.1 Å². The van der Waals surface area contributed by atoms with Crippen LogP contribution in [0.2, 0.25) is 0 Å². The van der Waals surface area contributed by atoms with Gasteiger partial charge in [-0.1, -0.05) is 24.3 Å². The van der Waals surface area contributed by atoms with Crippen molar-refractivity contribution in [2.24, 2.45) is 5.73 Å². The maximum atomic E-state index is 9.16. The van der Waals surface area contributed by atoms with Gasteiger partial charge in [0.05, 0.1) is 0 Å². The van der Waals surface area contributed by atoms with Crippen LogP contribution in [0.15, 0.2) is 24.3 Å². The Morgan fingerprint density at radius 1 is 1.33 bits per heavy atom. The highest BCUT2D eigenvalue weighted by Gasteiger charge is 2.15. The van der Waals surface area contributed by atoms with Crippen LogP contribution in [0.1, 0.15) is 5.56 Å². The molecular weight excluding hydrogens is 191 g/mol. The van der Waals surface area contributed by atoms with Gasteiger partial charge in [-0.2, -0.15) is 0 Å². The fourth-order valence-corrected chi connectivity index (χ4v) is 1.52. The van der Waals surface area contributed by atoms with Crippen molar-refractivity contribution in [3.8, 4) is 0 Å². The average Bonchev–Trinajstić information content (AvgIpc) is 2.18. The molecule has 0 saturated heterocycles. The molecule has 0 heterocycles. The van der Waals surface area contributed by atoms with Gasteiger partial charge in [-0.25, -0.2) is 0 Å². The van der Waals surface area contributed by atoms with E-state index in [2.05, 4.69) is 0 Å². The zero-order valence-electron chi connectivity index (χ0n) is 8.93. The Balaban J connectivity index is 2.75. The standard InChI is InChI=1S/C10H17BN2O2/c1-13(7-6-12)8-9-4-2-3-5-10(9)11(14)15/h2-5,14-15H,6-8,12H2,1H3. The molecule has 0 aromatic heterocycles. The summed E-state index contributed by atoms with van der Waals surface area (Å²) in [5.41, 5.74) is 6.92. The smallest absolute Gasteiger partial charge is 0.423 e. The molecule has 4 nitrogen and oxygen atoms in total. The fourth-order valence-electron chi connectivity index (χ4n) is 1.52. The second-order valence-electron chi connectivity index (χ2n) is 3.60. The molecule has 0 aliphatic rings. The normalized spacial score (nSPS) is 10.7. The molecule has 0 bridgehead atoms. The molecule has 0 aliphatic heterocycles. The summed E-state index contributed by atoms with van der Waals surface area (Å²) < 4.78 is 0. The minimum absolute atomic E-state index is 0.557. The van der Waals surface area contributed by atoms with Crippen LogP contribution in [0.3, 0.4) is 0 Å². The lowest BCUT2D eigenvalue weighted by Crippen LogP contribution is -2.35. The van der Waals surface area contributed by atoms with Gasteiger partial charge in [-0.05, 0) is 18.1 Å². The summed E-state index contributed by atoms with van der Waals surface area (Å²) in [5.74, 6) is 0. The highest BCUT2D eigenvalue weighted by molar-refractivity contribution is 6.59. The SMILES string of the molecule is CN(CCN)Cc1ccccc1B(O)O. The summed E-state index contributed by atoms with van der Waals surface area (Å²) in [6, 6.07) is 7.29. The van der Waals surface area contributed by atoms with Crippen molar-refractivity contribution in [2.45, 2.75) is 6.54 Å². The van der Waals surface area contributed by atoms with Gasteiger partial charge in [0, 0.05) is 19.6 Å². The van der Waals surface area contributed by atoms with Gasteiger partial charge in [0.1, 0.15) is 0 Å². The Morgan fingerprint density at radius 2 is 2.00 bits per heavy atom. The third kappa shape index (κ3) is 3.64. The van der Waals surface area contributed by atoms with E-state index in [1.54, 1.807) is 12.1 Å². The number of nitrogens with zero attached hydrogens (tertiary/aromatic N) is 1. The molecule has 15 heavy (non-hydrogen) atoms. The van der Waals surface area contributed by atoms with Crippen LogP contribution in [0.25, 0.3) is 0 Å². The highest BCUT2D eigenvalue weighted by atomic mass is 16.4. The zero-order valence-corrected chi connectivity index (χ0v) is 8.93. The van der Waals surface area contributed by atoms with E-state index in [1.165, 1.54) is 0 Å². The Kier molecular flexibility index (Phi) is 4.78. The van der Waals surface area contributed by atoms with Crippen LogP contribution >= 0.6 is 0 Å². The molecule has 0 spiro atoms. The number of rotatable bonds is 5. The number of likely N-dealkylation sites (N-methyl/N-ethyl adjacent to an activating group) is 1. The molecule has 0 unspecified atom stereocenters. The van der Waals surface area contributed by atoms with Crippen LogP contribution < -0.4 is 11.2 Å². The lowest BCUT2D eigenvalue weighted by Gasteiger charge is -2.17. The van der Waals surface area contributed by atoms with Crippen molar-refractivity contribution in [3.63, 3.8) is 0 Å². The summed E-state index contributed by atoms with van der Waals surface area (Å²) in [7, 11) is 0.542. The van der Waals surface area contributed by atoms with Crippen LogP contribution in [-0.2, 0) is 6.54 Å². The third-order valence-corrected chi connectivity index (χ3v) is 2.28. The van der Waals surface area contributed by atoms with Gasteiger partial charge in [-0.15, -0.1) is 0 Å². The first-order chi connectivity index (χ1) is 7.15. The van der Waals surface area contributed by atoms with E-state index in [0.29, 0.717) is 18.6 Å². The Morgan fingerprint density at radius 3 is 2.60 bits per heavy atom. The van der Waals surface area contributed by atoms with E-state index in [4.69, 9.17) is 15.8 Å². The molecule has 0 radical (unpaired) electrons. The van der Waals surface area contributed by atoms with Crippen molar-refractivity contribution in [2.75, 3.05) is 20.1 Å². The molecule has 82 valence electrons. The lowest BCUT2D eigenvalue weighted by atomic mass is 9.77. The first-order valence-corrected chi connectivity index (χ1v) is 4.97. The van der Waals surface area contributed by atoms with Gasteiger partial charge >= 0.3 is 7.12 Å². The molecule has 4 N–H and O–H groups in total. The fraction of sp³-hybridized carbons (Fsp3) is 0.400. The molecular formula is C10H17BN2O2. The zero-order chi connectivity index (χ0) is 11.3. The van der Waals surface area contributed by atoms with Crippen molar-refractivity contribution in [3.05, 3.63) is 29.8 Å². The van der Waals surface area contributed by atoms with Gasteiger partial charge in [0.25, 0.3) is 0 Å². The topological polar surface area (TPSA) is 69.7 Å². The van der Waals surface area contributed by atoms with Crippen molar-refractivity contribution in [1.82, 2.24) is 4.90 Å². The third-order valence-electron chi connectivity index (χ3n) is 2.28. The van der Waals surface area contributed by atoms with Crippen molar-refractivity contribution < 1.29 is 10.0 Å². The van der Waals surface area contributed by atoms with E-state index < -0.39 is 7.12 Å². The summed E-state index contributed by atoms with van der Waals surface area (Å²) in [6.07, 6.45) is 0. The summed E-state index contributed by atoms with van der Waals surface area (Å²) in [4.78, 5) is 2.04. The Bertz CT molecular complexity index is 307. The first-order valence-electron chi connectivity index (χ1n) is 4.97. The summed E-state index contributed by atoms with van der Waals surface area (Å²) in [5, 5.41) is 18.3. The highest BCUT2D eigenvalue weighted by Crippen LogP contribution is 2.00. The van der Waals surface area contributed by atoms with Crippen LogP contribution in [0, 0.1) is 0 Å². The lowest BCUT2D eigenvalue weighted by molar-refractivity contribution is 0.336. The van der Waals surface area contributed by atoms with Gasteiger partial charge in [0.2, 0.25) is 0 Å². The monoisotopic (exact) mass is 208 g/mol. The molecule has 0 amide bonds. The maximum absolute atomic E-state index is 9.16. The van der Waals surface area contributed by atoms with Crippen molar-refractivity contribution >= 4 is 12.6 Å². The molecule has 1 rings (SSSR count). The van der Waals surface area contributed by atoms with Crippen LogP contribution in [-0.4, -0.2) is 42.2 Å². The van der Waals surface area contributed by atoms with Gasteiger partial charge < -0.3 is 20.7 Å². The maximum Gasteiger partial charge on any atom is 0.488 e. The van der Waals surface area contributed by atoms with E-state index in [0.717, 1.165) is 12.1 Å². The largest absolute Gasteiger partial charge is 0.488 e. The predicted molar refractivity (Wildman–Crippen MR) is 61.7 cm³/mol. The molecule has 1 aromatic rings. The number of hydrogen-bond donors (Lipinski definition) is 3. The second-order valence-corrected chi connectivity index (χ2v) is 3.60. The number of nitrogens with two attached hydrogens (primary N) is 1. The average molecular weight is 208 g/mol. The van der Waals surface area contributed by atoms with Crippen LogP contribution in [0.5, 0.6) is 0 Å². The minimum Gasteiger partial charge on any atom is -0.423 e. The molecule has 0 saturated carbocycles. The molecule has 0 aliphatic carbocycles. The van der Waals surface area contributed by atoms with E-state index >= 15 is 0 Å². The summed E-state index contributed by atoms with van der Waals surface area (Å²) in [6.45, 7) is 2.06. The van der Waals surface area contributed by atoms with E-state index in [9.17, 15) is 0 Å². The van der Waals surface area contributed by atoms with Gasteiger partial charge in [-0.3, -0.25) is 0 Å². The van der Waals surface area contributed by atoms with Gasteiger partial charge in [0.15, 0.2) is 0 Å². The quantitative estimate of drug-likeness (QED) is 0.529. The minimum atomic E-state index is -1.41. The number of hydrogen-bond acceptors (Lipinski definition) is 4. The molecule has 0 fully saturated rings. The molecule has 1 aromatic carbocycles. The first kappa shape index (κ1) is 12.2. The van der Waals surface area contributed by atoms with Crippen LogP contribution in [0.4, 0.5) is 0 Å². The second kappa shape index (κ2) is 5.87. The summed E-state index contributed by atoms with van der Waals surface area (Å²) >= 11 is 0. The number of benzene rings is 1. The van der Waals surface area contributed by atoms with Crippen molar-refractivity contribution in [1.29, 1.82) is 0 Å². The Labute approximate surface area is 90.5 Å². The molecule has 5 heteroatoms. The predicted octanol–water partition coefficient (Wildman–Crippen LogP) is -1.24. The Hall–Kier alpha value is -0.875. The molecule has 0 atom stereocenters. The van der Waals surface area contributed by atoms with E-state index in [-0.39, 0.29) is 0 Å².